The van der Waals surface area contributed by atoms with Gasteiger partial charge in [0.25, 0.3) is 0 Å². The minimum Gasteiger partial charge on any atom is -0.264 e. The zero-order chi connectivity index (χ0) is 8.15. The number of nitrogens with zero attached hydrogens (tertiary/aromatic N) is 1. The van der Waals surface area contributed by atoms with Crippen LogP contribution < -0.4 is 0 Å². The molecule has 3 nitrogen and oxygen atoms in total. The summed E-state index contributed by atoms with van der Waals surface area (Å²) in [6.07, 6.45) is 2.75. The number of hydrogen-bond donors (Lipinski definition) is 0. The van der Waals surface area contributed by atoms with E-state index in [0.717, 1.165) is 12.0 Å². The first-order valence-electron chi connectivity index (χ1n) is 3.39. The van der Waals surface area contributed by atoms with Crippen molar-refractivity contribution in [3.63, 3.8) is 0 Å². The van der Waals surface area contributed by atoms with Crippen LogP contribution in [-0.2, 0) is 0 Å². The van der Waals surface area contributed by atoms with Crippen LogP contribution in [-0.4, -0.2) is 11.0 Å². The highest BCUT2D eigenvalue weighted by molar-refractivity contribution is 5.02. The molecular formula is C7H13NO2. The standard InChI is InChI=1S/C7H13NO2/c1-4-5-6(2)7(3)8(9)10/h5,7H,4H2,1-3H3/b6-5-. The Morgan fingerprint density at radius 1 is 1.80 bits per heavy atom. The maximum absolute atomic E-state index is 10.2. The maximum atomic E-state index is 10.2. The number of hydrogen-bond acceptors (Lipinski definition) is 2. The van der Waals surface area contributed by atoms with E-state index in [-0.39, 0.29) is 4.92 Å². The second-order valence-corrected chi connectivity index (χ2v) is 2.32. The predicted molar refractivity (Wildman–Crippen MR) is 40.5 cm³/mol. The van der Waals surface area contributed by atoms with Gasteiger partial charge in [0.2, 0.25) is 6.04 Å². The quantitative estimate of drug-likeness (QED) is 0.344. The molecular weight excluding hydrogens is 130 g/mol. The molecule has 10 heavy (non-hydrogen) atoms. The van der Waals surface area contributed by atoms with E-state index in [1.807, 2.05) is 13.0 Å². The fourth-order valence-corrected chi connectivity index (χ4v) is 0.659. The van der Waals surface area contributed by atoms with Gasteiger partial charge < -0.3 is 0 Å². The maximum Gasteiger partial charge on any atom is 0.231 e. The fraction of sp³-hybridized carbons (Fsp3) is 0.714. The van der Waals surface area contributed by atoms with Crippen molar-refractivity contribution in [1.29, 1.82) is 0 Å². The Balaban J connectivity index is 4.06. The van der Waals surface area contributed by atoms with Crippen molar-refractivity contribution in [2.24, 2.45) is 0 Å². The zero-order valence-electron chi connectivity index (χ0n) is 6.63. The van der Waals surface area contributed by atoms with Crippen LogP contribution in [0.15, 0.2) is 11.6 Å². The normalized spacial score (nSPS) is 14.9. The van der Waals surface area contributed by atoms with Crippen molar-refractivity contribution in [3.05, 3.63) is 21.8 Å². The molecule has 0 rings (SSSR count). The van der Waals surface area contributed by atoms with Gasteiger partial charge in [0, 0.05) is 11.8 Å². The number of rotatable bonds is 3. The molecule has 0 saturated heterocycles. The Morgan fingerprint density at radius 2 is 2.30 bits per heavy atom. The van der Waals surface area contributed by atoms with E-state index in [2.05, 4.69) is 0 Å². The van der Waals surface area contributed by atoms with Crippen molar-refractivity contribution in [2.45, 2.75) is 33.2 Å². The highest BCUT2D eigenvalue weighted by atomic mass is 16.6. The topological polar surface area (TPSA) is 43.1 Å². The largest absolute Gasteiger partial charge is 0.264 e. The van der Waals surface area contributed by atoms with Crippen molar-refractivity contribution in [3.8, 4) is 0 Å². The minimum atomic E-state index is -0.528. The third kappa shape index (κ3) is 2.62. The van der Waals surface area contributed by atoms with E-state index in [9.17, 15) is 10.1 Å². The van der Waals surface area contributed by atoms with Crippen molar-refractivity contribution in [2.75, 3.05) is 0 Å². The summed E-state index contributed by atoms with van der Waals surface area (Å²) in [4.78, 5) is 9.90. The summed E-state index contributed by atoms with van der Waals surface area (Å²) in [6, 6.07) is -0.528. The molecule has 1 atom stereocenters. The van der Waals surface area contributed by atoms with Crippen molar-refractivity contribution in [1.82, 2.24) is 0 Å². The Labute approximate surface area is 60.9 Å². The number of allylic oxidation sites excluding steroid dienone is 1. The summed E-state index contributed by atoms with van der Waals surface area (Å²) >= 11 is 0. The van der Waals surface area contributed by atoms with Gasteiger partial charge in [-0.25, -0.2) is 0 Å². The Morgan fingerprint density at radius 3 is 2.60 bits per heavy atom. The molecule has 0 aliphatic carbocycles. The van der Waals surface area contributed by atoms with Crippen LogP contribution >= 0.6 is 0 Å². The van der Waals surface area contributed by atoms with E-state index >= 15 is 0 Å². The molecule has 0 aliphatic rings. The smallest absolute Gasteiger partial charge is 0.231 e. The van der Waals surface area contributed by atoms with Gasteiger partial charge in [-0.3, -0.25) is 10.1 Å². The SMILES string of the molecule is CC/C=C(/C)C(C)[N+](=O)[O-]. The highest BCUT2D eigenvalue weighted by Gasteiger charge is 2.13. The van der Waals surface area contributed by atoms with Crippen LogP contribution in [0.2, 0.25) is 0 Å². The molecule has 0 aromatic rings. The first-order valence-corrected chi connectivity index (χ1v) is 3.39. The fourth-order valence-electron chi connectivity index (χ4n) is 0.659. The van der Waals surface area contributed by atoms with Crippen LogP contribution in [0.4, 0.5) is 0 Å². The van der Waals surface area contributed by atoms with Gasteiger partial charge >= 0.3 is 0 Å². The van der Waals surface area contributed by atoms with Crippen LogP contribution in [0.25, 0.3) is 0 Å². The molecule has 0 fully saturated rings. The Kier molecular flexibility index (Phi) is 3.69. The first kappa shape index (κ1) is 9.14. The molecule has 0 aliphatic heterocycles. The van der Waals surface area contributed by atoms with E-state index in [4.69, 9.17) is 0 Å². The van der Waals surface area contributed by atoms with Crippen LogP contribution in [0.3, 0.4) is 0 Å². The van der Waals surface area contributed by atoms with Gasteiger partial charge in [-0.05, 0) is 18.9 Å². The van der Waals surface area contributed by atoms with Gasteiger partial charge in [-0.15, -0.1) is 0 Å². The van der Waals surface area contributed by atoms with Crippen molar-refractivity contribution < 1.29 is 4.92 Å². The molecule has 0 aromatic carbocycles. The molecule has 0 bridgehead atoms. The molecule has 0 radical (unpaired) electrons. The first-order chi connectivity index (χ1) is 4.59. The average Bonchev–Trinajstić information content (AvgIpc) is 1.87. The summed E-state index contributed by atoms with van der Waals surface area (Å²) < 4.78 is 0. The molecule has 0 aromatic heterocycles. The second kappa shape index (κ2) is 4.04. The lowest BCUT2D eigenvalue weighted by molar-refractivity contribution is -0.507. The molecule has 0 saturated carbocycles. The van der Waals surface area contributed by atoms with Crippen LogP contribution in [0.1, 0.15) is 27.2 Å². The predicted octanol–water partition coefficient (Wildman–Crippen LogP) is 2.01. The monoisotopic (exact) mass is 143 g/mol. The lowest BCUT2D eigenvalue weighted by atomic mass is 10.1. The summed E-state index contributed by atoms with van der Waals surface area (Å²) in [5.41, 5.74) is 0.840. The zero-order valence-corrected chi connectivity index (χ0v) is 6.63. The van der Waals surface area contributed by atoms with Gasteiger partial charge in [-0.2, -0.15) is 0 Å². The van der Waals surface area contributed by atoms with E-state index in [1.165, 1.54) is 0 Å². The van der Waals surface area contributed by atoms with E-state index in [0.29, 0.717) is 0 Å². The van der Waals surface area contributed by atoms with Gasteiger partial charge in [0.15, 0.2) is 0 Å². The Bertz CT molecular complexity index is 152. The Hall–Kier alpha value is -0.860. The summed E-state index contributed by atoms with van der Waals surface area (Å²) in [5.74, 6) is 0. The average molecular weight is 143 g/mol. The second-order valence-electron chi connectivity index (χ2n) is 2.32. The number of nitro groups is 1. The van der Waals surface area contributed by atoms with E-state index < -0.39 is 6.04 Å². The van der Waals surface area contributed by atoms with E-state index in [1.54, 1.807) is 13.8 Å². The lowest BCUT2D eigenvalue weighted by Gasteiger charge is -2.01. The molecule has 0 heterocycles. The summed E-state index contributed by atoms with van der Waals surface area (Å²) in [7, 11) is 0. The third-order valence-corrected chi connectivity index (χ3v) is 1.50. The molecule has 0 amide bonds. The summed E-state index contributed by atoms with van der Waals surface area (Å²) in [6.45, 7) is 5.36. The van der Waals surface area contributed by atoms with Gasteiger partial charge in [-0.1, -0.05) is 13.0 Å². The molecule has 1 unspecified atom stereocenters. The lowest BCUT2D eigenvalue weighted by Crippen LogP contribution is -2.15. The van der Waals surface area contributed by atoms with Crippen LogP contribution in [0, 0.1) is 10.1 Å². The van der Waals surface area contributed by atoms with Gasteiger partial charge in [0.05, 0.1) is 0 Å². The molecule has 0 N–H and O–H groups in total. The van der Waals surface area contributed by atoms with Crippen LogP contribution in [0.5, 0.6) is 0 Å². The molecule has 3 heteroatoms. The molecule has 0 spiro atoms. The highest BCUT2D eigenvalue weighted by Crippen LogP contribution is 2.04. The third-order valence-electron chi connectivity index (χ3n) is 1.50. The summed E-state index contributed by atoms with van der Waals surface area (Å²) in [5, 5.41) is 10.2. The minimum absolute atomic E-state index is 0.276. The van der Waals surface area contributed by atoms with Crippen molar-refractivity contribution >= 4 is 0 Å². The molecule has 58 valence electrons. The van der Waals surface area contributed by atoms with Gasteiger partial charge in [0.1, 0.15) is 0 Å².